The Morgan fingerprint density at radius 3 is 2.70 bits per heavy atom. The van der Waals surface area contributed by atoms with Gasteiger partial charge in [-0.2, -0.15) is 8.75 Å². The van der Waals surface area contributed by atoms with Crippen LogP contribution in [0.5, 0.6) is 0 Å². The third-order valence-corrected chi connectivity index (χ3v) is 4.40. The number of aromatic nitrogens is 2. The molecule has 1 aliphatic rings. The number of benzene rings is 2. The Morgan fingerprint density at radius 1 is 1.00 bits per heavy atom. The molecule has 0 amide bonds. The molecule has 0 atom stereocenters. The fourth-order valence-electron chi connectivity index (χ4n) is 2.61. The van der Waals surface area contributed by atoms with Gasteiger partial charge in [-0.15, -0.1) is 0 Å². The first kappa shape index (κ1) is 11.9. The Balaban J connectivity index is 1.70. The van der Waals surface area contributed by atoms with Gasteiger partial charge in [0.25, 0.3) is 0 Å². The number of hydrogen-bond donors (Lipinski definition) is 1. The second kappa shape index (κ2) is 4.58. The number of nitrogens with zero attached hydrogens (tertiary/aromatic N) is 2. The van der Waals surface area contributed by atoms with Crippen molar-refractivity contribution in [2.24, 2.45) is 0 Å². The zero-order chi connectivity index (χ0) is 13.5. The Kier molecular flexibility index (Phi) is 2.72. The predicted molar refractivity (Wildman–Crippen MR) is 82.9 cm³/mol. The van der Waals surface area contributed by atoms with Crippen molar-refractivity contribution in [1.29, 1.82) is 0 Å². The van der Waals surface area contributed by atoms with Crippen molar-refractivity contribution in [1.82, 2.24) is 8.75 Å². The second-order valence-corrected chi connectivity index (χ2v) is 5.62. The molecule has 0 radical (unpaired) electrons. The van der Waals surface area contributed by atoms with Gasteiger partial charge in [-0.25, -0.2) is 0 Å². The van der Waals surface area contributed by atoms with Crippen LogP contribution < -0.4 is 5.32 Å². The first-order valence-corrected chi connectivity index (χ1v) is 7.38. The average molecular weight is 300 g/mol. The molecule has 0 unspecified atom stereocenters. The van der Waals surface area contributed by atoms with Crippen molar-refractivity contribution < 1.29 is 0 Å². The van der Waals surface area contributed by atoms with Crippen LogP contribution in [0.15, 0.2) is 42.5 Å². The highest BCUT2D eigenvalue weighted by Crippen LogP contribution is 2.38. The number of halogens is 1. The van der Waals surface area contributed by atoms with Crippen LogP contribution in [-0.4, -0.2) is 8.75 Å². The van der Waals surface area contributed by atoms with Crippen LogP contribution in [0.25, 0.3) is 11.1 Å². The van der Waals surface area contributed by atoms with E-state index in [-0.39, 0.29) is 0 Å². The largest absolute Gasteiger partial charge is 0.337 e. The van der Waals surface area contributed by atoms with Gasteiger partial charge in [0.15, 0.2) is 11.0 Å². The third kappa shape index (κ3) is 1.88. The molecule has 20 heavy (non-hydrogen) atoms. The summed E-state index contributed by atoms with van der Waals surface area (Å²) in [5, 5.41) is 3.63. The molecule has 1 heterocycles. The van der Waals surface area contributed by atoms with Crippen molar-refractivity contribution in [3.8, 4) is 11.1 Å². The number of anilines is 2. The lowest BCUT2D eigenvalue weighted by molar-refractivity contribution is 1.26. The minimum atomic E-state index is 0.416. The SMILES string of the molecule is Clc1nsnc1Nc1ccc2c(c1)Cc1ccccc1-2. The summed E-state index contributed by atoms with van der Waals surface area (Å²) in [5.74, 6) is 0.618. The molecule has 2 aromatic carbocycles. The van der Waals surface area contributed by atoms with Crippen LogP contribution in [0.3, 0.4) is 0 Å². The lowest BCUT2D eigenvalue weighted by Crippen LogP contribution is -1.92. The van der Waals surface area contributed by atoms with E-state index in [4.69, 9.17) is 11.6 Å². The Morgan fingerprint density at radius 2 is 1.85 bits per heavy atom. The molecule has 1 N–H and O–H groups in total. The molecule has 0 aliphatic heterocycles. The molecule has 98 valence electrons. The van der Waals surface area contributed by atoms with Gasteiger partial charge in [0.1, 0.15) is 0 Å². The lowest BCUT2D eigenvalue weighted by Gasteiger charge is -2.06. The van der Waals surface area contributed by atoms with Crippen LogP contribution in [0.2, 0.25) is 5.15 Å². The highest BCUT2D eigenvalue weighted by Gasteiger charge is 2.18. The van der Waals surface area contributed by atoms with Crippen LogP contribution in [0.4, 0.5) is 11.5 Å². The molecule has 0 saturated heterocycles. The molecule has 0 fully saturated rings. The van der Waals surface area contributed by atoms with Gasteiger partial charge in [0.05, 0.1) is 11.7 Å². The van der Waals surface area contributed by atoms with E-state index in [1.165, 1.54) is 22.3 Å². The summed E-state index contributed by atoms with van der Waals surface area (Å²) >= 11 is 7.06. The lowest BCUT2D eigenvalue weighted by atomic mass is 10.1. The van der Waals surface area contributed by atoms with E-state index in [9.17, 15) is 0 Å². The first-order valence-electron chi connectivity index (χ1n) is 6.27. The normalized spacial score (nSPS) is 12.1. The van der Waals surface area contributed by atoms with Crippen molar-refractivity contribution >= 4 is 34.8 Å². The molecule has 1 aliphatic carbocycles. The molecule has 0 bridgehead atoms. The van der Waals surface area contributed by atoms with Crippen LogP contribution in [-0.2, 0) is 6.42 Å². The van der Waals surface area contributed by atoms with Crippen molar-refractivity contribution in [3.63, 3.8) is 0 Å². The molecule has 4 rings (SSSR count). The minimum absolute atomic E-state index is 0.416. The highest BCUT2D eigenvalue weighted by molar-refractivity contribution is 6.99. The molecule has 1 aromatic heterocycles. The minimum Gasteiger partial charge on any atom is -0.337 e. The maximum atomic E-state index is 5.95. The molecule has 5 heteroatoms. The van der Waals surface area contributed by atoms with Gasteiger partial charge >= 0.3 is 0 Å². The molecule has 3 nitrogen and oxygen atoms in total. The summed E-state index contributed by atoms with van der Waals surface area (Å²) < 4.78 is 8.08. The molecule has 3 aromatic rings. The summed E-state index contributed by atoms with van der Waals surface area (Å²) in [6.07, 6.45) is 0.976. The topological polar surface area (TPSA) is 37.8 Å². The monoisotopic (exact) mass is 299 g/mol. The van der Waals surface area contributed by atoms with Crippen LogP contribution in [0, 0.1) is 0 Å². The van der Waals surface area contributed by atoms with Crippen molar-refractivity contribution in [2.45, 2.75) is 6.42 Å². The fraction of sp³-hybridized carbons (Fsp3) is 0.0667. The predicted octanol–water partition coefficient (Wildman–Crippen LogP) is 4.51. The Bertz CT molecular complexity index is 797. The molecule has 0 saturated carbocycles. The van der Waals surface area contributed by atoms with Gasteiger partial charge in [-0.3, -0.25) is 0 Å². The van der Waals surface area contributed by atoms with E-state index >= 15 is 0 Å². The van der Waals surface area contributed by atoms with E-state index in [0.717, 1.165) is 23.8 Å². The van der Waals surface area contributed by atoms with E-state index < -0.39 is 0 Å². The van der Waals surface area contributed by atoms with Gasteiger partial charge in [-0.05, 0) is 40.8 Å². The maximum Gasteiger partial charge on any atom is 0.187 e. The van der Waals surface area contributed by atoms with Gasteiger partial charge in [-0.1, -0.05) is 41.9 Å². The Hall–Kier alpha value is -1.91. The van der Waals surface area contributed by atoms with Gasteiger partial charge in [0.2, 0.25) is 0 Å². The number of fused-ring (bicyclic) bond motifs is 3. The average Bonchev–Trinajstić information content (AvgIpc) is 3.02. The summed E-state index contributed by atoms with van der Waals surface area (Å²) in [6.45, 7) is 0. The smallest absolute Gasteiger partial charge is 0.187 e. The van der Waals surface area contributed by atoms with E-state index in [2.05, 4.69) is 56.5 Å². The van der Waals surface area contributed by atoms with E-state index in [1.54, 1.807) is 0 Å². The van der Waals surface area contributed by atoms with Crippen molar-refractivity contribution in [3.05, 3.63) is 58.7 Å². The van der Waals surface area contributed by atoms with E-state index in [1.807, 2.05) is 0 Å². The first-order chi connectivity index (χ1) is 9.81. The summed E-state index contributed by atoms with van der Waals surface area (Å²) in [4.78, 5) is 0. The zero-order valence-electron chi connectivity index (χ0n) is 10.4. The Labute approximate surface area is 125 Å². The van der Waals surface area contributed by atoms with Gasteiger partial charge < -0.3 is 5.32 Å². The standard InChI is InChI=1S/C15H10ClN3S/c16-14-15(19-20-18-14)17-11-5-6-13-10(8-11)7-9-3-1-2-4-12(9)13/h1-6,8H,7H2,(H,17,19). The molecular formula is C15H10ClN3S. The summed E-state index contributed by atoms with van der Waals surface area (Å²) in [5.41, 5.74) is 6.35. The maximum absolute atomic E-state index is 5.95. The summed E-state index contributed by atoms with van der Waals surface area (Å²) in [7, 11) is 0. The van der Waals surface area contributed by atoms with Crippen LogP contribution >= 0.6 is 23.3 Å². The quantitative estimate of drug-likeness (QED) is 0.592. The number of nitrogens with one attached hydrogen (secondary N) is 1. The number of rotatable bonds is 2. The van der Waals surface area contributed by atoms with Gasteiger partial charge in [0, 0.05) is 5.69 Å². The second-order valence-electron chi connectivity index (χ2n) is 4.73. The zero-order valence-corrected chi connectivity index (χ0v) is 12.0. The fourth-order valence-corrected chi connectivity index (χ4v) is 3.26. The summed E-state index contributed by atoms with van der Waals surface area (Å²) in [6, 6.07) is 14.9. The van der Waals surface area contributed by atoms with Crippen molar-refractivity contribution in [2.75, 3.05) is 5.32 Å². The van der Waals surface area contributed by atoms with E-state index in [0.29, 0.717) is 11.0 Å². The molecular weight excluding hydrogens is 290 g/mol. The third-order valence-electron chi connectivity index (χ3n) is 3.50. The van der Waals surface area contributed by atoms with Crippen LogP contribution in [0.1, 0.15) is 11.1 Å². The highest BCUT2D eigenvalue weighted by atomic mass is 35.5. The number of hydrogen-bond acceptors (Lipinski definition) is 4. The molecule has 0 spiro atoms.